The molecule has 2 aliphatic heterocycles. The van der Waals surface area contributed by atoms with E-state index in [2.05, 4.69) is 16.0 Å². The van der Waals surface area contributed by atoms with E-state index in [0.29, 0.717) is 18.8 Å². The van der Waals surface area contributed by atoms with E-state index < -0.39 is 0 Å². The molecule has 2 unspecified atom stereocenters. The molecule has 0 aromatic rings. The first kappa shape index (κ1) is 11.4. The van der Waals surface area contributed by atoms with Crippen LogP contribution in [0.3, 0.4) is 0 Å². The summed E-state index contributed by atoms with van der Waals surface area (Å²) in [6.07, 6.45) is 3.34. The van der Waals surface area contributed by atoms with Crippen LogP contribution in [0.5, 0.6) is 0 Å². The maximum Gasteiger partial charge on any atom is 0.242 e. The summed E-state index contributed by atoms with van der Waals surface area (Å²) in [7, 11) is 0. The van der Waals surface area contributed by atoms with Crippen LogP contribution in [0.4, 0.5) is 0 Å². The molecular formula is C11H19N3O2. The number of hydrogen-bond donors (Lipinski definition) is 3. The molecular weight excluding hydrogens is 206 g/mol. The molecule has 0 saturated carbocycles. The lowest BCUT2D eigenvalue weighted by Gasteiger charge is -2.12. The molecule has 90 valence electrons. The summed E-state index contributed by atoms with van der Waals surface area (Å²) in [5.74, 6) is 0.649. The highest BCUT2D eigenvalue weighted by molar-refractivity contribution is 5.90. The Hall–Kier alpha value is -1.10. The van der Waals surface area contributed by atoms with Crippen LogP contribution in [0.2, 0.25) is 0 Å². The molecule has 5 nitrogen and oxygen atoms in total. The Kier molecular flexibility index (Phi) is 3.77. The van der Waals surface area contributed by atoms with Crippen molar-refractivity contribution in [3.8, 4) is 0 Å². The Morgan fingerprint density at radius 2 is 2.31 bits per heavy atom. The third-order valence-corrected chi connectivity index (χ3v) is 3.33. The Morgan fingerprint density at radius 1 is 1.44 bits per heavy atom. The Morgan fingerprint density at radius 3 is 2.94 bits per heavy atom. The molecule has 2 amide bonds. The molecule has 0 spiro atoms. The molecule has 2 saturated heterocycles. The molecule has 2 fully saturated rings. The van der Waals surface area contributed by atoms with Gasteiger partial charge < -0.3 is 16.0 Å². The summed E-state index contributed by atoms with van der Waals surface area (Å²) in [6, 6.07) is -0.297. The summed E-state index contributed by atoms with van der Waals surface area (Å²) in [6.45, 7) is 2.88. The molecule has 2 atom stereocenters. The number of carbonyl (C=O) groups excluding carboxylic acids is 2. The van der Waals surface area contributed by atoms with Crippen LogP contribution >= 0.6 is 0 Å². The van der Waals surface area contributed by atoms with Gasteiger partial charge in [-0.3, -0.25) is 9.59 Å². The maximum absolute atomic E-state index is 11.6. The fourth-order valence-electron chi connectivity index (χ4n) is 2.29. The average Bonchev–Trinajstić information content (AvgIpc) is 2.89. The molecule has 0 aliphatic carbocycles. The lowest BCUT2D eigenvalue weighted by molar-refractivity contribution is -0.125. The van der Waals surface area contributed by atoms with Gasteiger partial charge in [-0.15, -0.1) is 0 Å². The van der Waals surface area contributed by atoms with Gasteiger partial charge in [-0.25, -0.2) is 0 Å². The lowest BCUT2D eigenvalue weighted by atomic mass is 10.1. The molecule has 0 aromatic carbocycles. The van der Waals surface area contributed by atoms with Gasteiger partial charge in [0.15, 0.2) is 0 Å². The molecule has 5 heteroatoms. The second-order valence-electron chi connectivity index (χ2n) is 4.60. The summed E-state index contributed by atoms with van der Waals surface area (Å²) in [5, 5.41) is 8.86. The highest BCUT2D eigenvalue weighted by Gasteiger charge is 2.26. The minimum atomic E-state index is -0.297. The van der Waals surface area contributed by atoms with Crippen LogP contribution in [0, 0.1) is 5.92 Å². The molecule has 16 heavy (non-hydrogen) atoms. The van der Waals surface area contributed by atoms with E-state index in [0.717, 1.165) is 26.1 Å². The topological polar surface area (TPSA) is 70.2 Å². The van der Waals surface area contributed by atoms with E-state index in [1.54, 1.807) is 0 Å². The molecule has 2 rings (SSSR count). The zero-order valence-corrected chi connectivity index (χ0v) is 9.42. The van der Waals surface area contributed by atoms with Crippen molar-refractivity contribution >= 4 is 11.8 Å². The molecule has 0 radical (unpaired) electrons. The van der Waals surface area contributed by atoms with Crippen LogP contribution in [-0.2, 0) is 9.59 Å². The highest BCUT2D eigenvalue weighted by Crippen LogP contribution is 2.11. The number of hydrogen-bond acceptors (Lipinski definition) is 3. The number of nitrogens with one attached hydrogen (secondary N) is 3. The highest BCUT2D eigenvalue weighted by atomic mass is 16.2. The Labute approximate surface area is 95.3 Å². The predicted molar refractivity (Wildman–Crippen MR) is 59.8 cm³/mol. The zero-order valence-electron chi connectivity index (χ0n) is 9.42. The minimum absolute atomic E-state index is 0.0138. The van der Waals surface area contributed by atoms with Crippen molar-refractivity contribution < 1.29 is 9.59 Å². The maximum atomic E-state index is 11.6. The molecule has 2 heterocycles. The second-order valence-corrected chi connectivity index (χ2v) is 4.60. The summed E-state index contributed by atoms with van der Waals surface area (Å²) >= 11 is 0. The third-order valence-electron chi connectivity index (χ3n) is 3.33. The van der Waals surface area contributed by atoms with Gasteiger partial charge in [0.25, 0.3) is 0 Å². The second kappa shape index (κ2) is 5.30. The first-order valence-electron chi connectivity index (χ1n) is 6.03. The number of carbonyl (C=O) groups is 2. The lowest BCUT2D eigenvalue weighted by Crippen LogP contribution is -2.42. The van der Waals surface area contributed by atoms with Gasteiger partial charge in [-0.1, -0.05) is 0 Å². The predicted octanol–water partition coefficient (Wildman–Crippen LogP) is -0.619. The van der Waals surface area contributed by atoms with Crippen LogP contribution in [-0.4, -0.2) is 37.5 Å². The molecule has 2 aliphatic rings. The van der Waals surface area contributed by atoms with Gasteiger partial charge in [-0.05, 0) is 38.3 Å². The Balaban J connectivity index is 1.61. The van der Waals surface area contributed by atoms with Crippen LogP contribution in [0.15, 0.2) is 0 Å². The van der Waals surface area contributed by atoms with Crippen LogP contribution in [0.1, 0.15) is 25.7 Å². The summed E-state index contributed by atoms with van der Waals surface area (Å²) in [4.78, 5) is 22.6. The number of rotatable bonds is 4. The fraction of sp³-hybridized carbons (Fsp3) is 0.818. The average molecular weight is 225 g/mol. The van der Waals surface area contributed by atoms with Crippen molar-refractivity contribution in [3.63, 3.8) is 0 Å². The van der Waals surface area contributed by atoms with Gasteiger partial charge in [0, 0.05) is 13.0 Å². The first-order valence-corrected chi connectivity index (χ1v) is 6.03. The molecule has 3 N–H and O–H groups in total. The van der Waals surface area contributed by atoms with E-state index in [9.17, 15) is 9.59 Å². The van der Waals surface area contributed by atoms with Crippen molar-refractivity contribution in [2.24, 2.45) is 5.92 Å². The summed E-state index contributed by atoms with van der Waals surface area (Å²) < 4.78 is 0. The van der Waals surface area contributed by atoms with Crippen molar-refractivity contribution in [2.75, 3.05) is 19.6 Å². The van der Waals surface area contributed by atoms with E-state index in [4.69, 9.17) is 0 Å². The van der Waals surface area contributed by atoms with Crippen molar-refractivity contribution in [2.45, 2.75) is 31.7 Å². The van der Waals surface area contributed by atoms with Crippen molar-refractivity contribution in [1.29, 1.82) is 0 Å². The minimum Gasteiger partial charge on any atom is -0.354 e. The largest absolute Gasteiger partial charge is 0.354 e. The Bertz CT molecular complexity index is 274. The standard InChI is InChI=1S/C11H19N3O2/c15-10-2-1-9(14-10)11(16)13-6-4-8-3-5-12-7-8/h8-9,12H,1-7H2,(H,13,16)(H,14,15). The van der Waals surface area contributed by atoms with E-state index in [1.165, 1.54) is 6.42 Å². The van der Waals surface area contributed by atoms with Gasteiger partial charge in [0.1, 0.15) is 6.04 Å². The molecule has 0 aromatic heterocycles. The monoisotopic (exact) mass is 225 g/mol. The smallest absolute Gasteiger partial charge is 0.242 e. The van der Waals surface area contributed by atoms with Gasteiger partial charge in [0.05, 0.1) is 0 Å². The number of amides is 2. The normalized spacial score (nSPS) is 29.1. The SMILES string of the molecule is O=C1CCC(C(=O)NCCC2CCNC2)N1. The van der Waals surface area contributed by atoms with Crippen LogP contribution in [0.25, 0.3) is 0 Å². The summed E-state index contributed by atoms with van der Waals surface area (Å²) in [5.41, 5.74) is 0. The van der Waals surface area contributed by atoms with Gasteiger partial charge in [-0.2, -0.15) is 0 Å². The van der Waals surface area contributed by atoms with Crippen molar-refractivity contribution in [1.82, 2.24) is 16.0 Å². The van der Waals surface area contributed by atoms with Crippen LogP contribution < -0.4 is 16.0 Å². The van der Waals surface area contributed by atoms with Gasteiger partial charge >= 0.3 is 0 Å². The van der Waals surface area contributed by atoms with Crippen molar-refractivity contribution in [3.05, 3.63) is 0 Å². The third kappa shape index (κ3) is 2.95. The van der Waals surface area contributed by atoms with E-state index in [-0.39, 0.29) is 17.9 Å². The zero-order chi connectivity index (χ0) is 11.4. The van der Waals surface area contributed by atoms with E-state index in [1.807, 2.05) is 0 Å². The fourth-order valence-corrected chi connectivity index (χ4v) is 2.29. The quantitative estimate of drug-likeness (QED) is 0.597. The molecule has 0 bridgehead atoms. The van der Waals surface area contributed by atoms with E-state index >= 15 is 0 Å². The first-order chi connectivity index (χ1) is 7.75. The van der Waals surface area contributed by atoms with Gasteiger partial charge in [0.2, 0.25) is 11.8 Å².